The third-order valence-electron chi connectivity index (χ3n) is 5.85. The Kier molecular flexibility index (Phi) is 9.28. The summed E-state index contributed by atoms with van der Waals surface area (Å²) in [6.07, 6.45) is 8.51. The molecule has 1 aromatic heterocycles. The van der Waals surface area contributed by atoms with Gasteiger partial charge >= 0.3 is 0 Å². The highest BCUT2D eigenvalue weighted by Crippen LogP contribution is 2.37. The van der Waals surface area contributed by atoms with Gasteiger partial charge in [0, 0.05) is 25.7 Å². The molecule has 1 fully saturated rings. The van der Waals surface area contributed by atoms with Gasteiger partial charge in [-0.15, -0.1) is 0 Å². The Labute approximate surface area is 186 Å². The number of quaternary nitrogens is 1. The van der Waals surface area contributed by atoms with Gasteiger partial charge < -0.3 is 22.2 Å². The molecule has 1 N–H and O–H groups in total. The molecular formula is C25H32ClN3O. The molecule has 1 saturated heterocycles. The van der Waals surface area contributed by atoms with E-state index in [-0.39, 0.29) is 18.3 Å². The molecule has 1 aliphatic heterocycles. The fraction of sp³-hybridized carbons (Fsp3) is 0.360. The minimum Gasteiger partial charge on any atom is -1.00 e. The van der Waals surface area contributed by atoms with Crippen molar-refractivity contribution in [2.75, 3.05) is 32.7 Å². The van der Waals surface area contributed by atoms with Crippen molar-refractivity contribution in [1.29, 1.82) is 0 Å². The van der Waals surface area contributed by atoms with Crippen molar-refractivity contribution in [3.05, 3.63) is 91.3 Å². The van der Waals surface area contributed by atoms with Crippen molar-refractivity contribution < 1.29 is 22.1 Å². The number of likely N-dealkylation sites (tertiary alicyclic amines) is 1. The van der Waals surface area contributed by atoms with Crippen molar-refractivity contribution in [2.45, 2.75) is 24.7 Å². The lowest BCUT2D eigenvalue weighted by Gasteiger charge is -2.36. The van der Waals surface area contributed by atoms with E-state index in [9.17, 15) is 4.79 Å². The van der Waals surface area contributed by atoms with Gasteiger partial charge in [0.05, 0.1) is 25.3 Å². The average Bonchev–Trinajstić information content (AvgIpc) is 3.31. The van der Waals surface area contributed by atoms with Crippen LogP contribution in [0.2, 0.25) is 0 Å². The summed E-state index contributed by atoms with van der Waals surface area (Å²) in [6, 6.07) is 16.1. The molecule has 0 bridgehead atoms. The fourth-order valence-corrected chi connectivity index (χ4v) is 4.35. The average molecular weight is 426 g/mol. The molecule has 5 heteroatoms. The fourth-order valence-electron chi connectivity index (χ4n) is 4.35. The molecular weight excluding hydrogens is 394 g/mol. The number of aromatic nitrogens is 1. The van der Waals surface area contributed by atoms with E-state index in [1.54, 1.807) is 6.20 Å². The molecule has 1 aromatic carbocycles. The monoisotopic (exact) mass is 425 g/mol. The van der Waals surface area contributed by atoms with Crippen LogP contribution in [0.15, 0.2) is 80.0 Å². The van der Waals surface area contributed by atoms with Crippen LogP contribution < -0.4 is 17.3 Å². The summed E-state index contributed by atoms with van der Waals surface area (Å²) in [5.41, 5.74) is 1.08. The molecule has 1 atom stereocenters. The summed E-state index contributed by atoms with van der Waals surface area (Å²) in [7, 11) is 0. The lowest BCUT2D eigenvalue weighted by atomic mass is 9.73. The van der Waals surface area contributed by atoms with Crippen LogP contribution >= 0.6 is 0 Å². The van der Waals surface area contributed by atoms with Crippen molar-refractivity contribution in [1.82, 2.24) is 9.88 Å². The first-order valence-electron chi connectivity index (χ1n) is 10.5. The van der Waals surface area contributed by atoms with Crippen LogP contribution in [0.25, 0.3) is 0 Å². The van der Waals surface area contributed by atoms with Gasteiger partial charge in [0.25, 0.3) is 0 Å². The topological polar surface area (TPSA) is 37.6 Å². The zero-order valence-electron chi connectivity index (χ0n) is 17.6. The third-order valence-corrected chi connectivity index (χ3v) is 5.85. The quantitative estimate of drug-likeness (QED) is 0.528. The Hall–Kier alpha value is -2.43. The maximum atomic E-state index is 14.0. The molecule has 1 amide bonds. The largest absolute Gasteiger partial charge is 1.00 e. The highest BCUT2D eigenvalue weighted by Gasteiger charge is 2.46. The summed E-state index contributed by atoms with van der Waals surface area (Å²) >= 11 is 0. The molecule has 3 rings (SSSR count). The number of halogens is 1. The number of nitrogens with zero attached hydrogens (tertiary/aromatic N) is 2. The molecule has 0 spiro atoms. The summed E-state index contributed by atoms with van der Waals surface area (Å²) in [4.78, 5) is 22.1. The van der Waals surface area contributed by atoms with Crippen LogP contribution in [0.1, 0.15) is 30.5 Å². The van der Waals surface area contributed by atoms with Gasteiger partial charge in [-0.3, -0.25) is 9.78 Å². The molecule has 1 unspecified atom stereocenters. The molecule has 2 heterocycles. The van der Waals surface area contributed by atoms with E-state index in [2.05, 4.69) is 25.3 Å². The van der Waals surface area contributed by atoms with Crippen LogP contribution in [0.4, 0.5) is 0 Å². The van der Waals surface area contributed by atoms with E-state index in [0.29, 0.717) is 6.42 Å². The van der Waals surface area contributed by atoms with E-state index >= 15 is 0 Å². The predicted octanol–water partition coefficient (Wildman–Crippen LogP) is -0.359. The van der Waals surface area contributed by atoms with Crippen LogP contribution in [0.3, 0.4) is 0 Å². The van der Waals surface area contributed by atoms with Gasteiger partial charge in [-0.25, -0.2) is 0 Å². The maximum absolute atomic E-state index is 14.0. The van der Waals surface area contributed by atoms with Gasteiger partial charge in [0.1, 0.15) is 5.41 Å². The number of hydrogen-bond acceptors (Lipinski definition) is 2. The number of benzene rings is 1. The first-order chi connectivity index (χ1) is 14.2. The van der Waals surface area contributed by atoms with Crippen molar-refractivity contribution >= 4 is 5.91 Å². The van der Waals surface area contributed by atoms with Gasteiger partial charge in [0.2, 0.25) is 5.91 Å². The first kappa shape index (κ1) is 23.8. The van der Waals surface area contributed by atoms with Crippen LogP contribution in [0, 0.1) is 0 Å². The SMILES string of the molecule is C=CC[NH+](CC=C)CCC(C(=O)N1CCCC1)(c1ccccc1)c1ccccn1.[Cl-]. The van der Waals surface area contributed by atoms with Crippen LogP contribution in [0.5, 0.6) is 0 Å². The summed E-state index contributed by atoms with van der Waals surface area (Å²) in [5, 5.41) is 0. The number of nitrogens with one attached hydrogen (secondary N) is 1. The minimum absolute atomic E-state index is 0. The molecule has 0 radical (unpaired) electrons. The van der Waals surface area contributed by atoms with Crippen LogP contribution in [-0.2, 0) is 10.2 Å². The Balaban J connectivity index is 0.00000320. The molecule has 4 nitrogen and oxygen atoms in total. The number of carbonyl (C=O) groups excluding carboxylic acids is 1. The Bertz CT molecular complexity index is 754. The van der Waals surface area contributed by atoms with Crippen molar-refractivity contribution in [3.8, 4) is 0 Å². The molecule has 30 heavy (non-hydrogen) atoms. The Morgan fingerprint density at radius 1 is 1.03 bits per heavy atom. The number of hydrogen-bond donors (Lipinski definition) is 1. The second kappa shape index (κ2) is 11.7. The second-order valence-corrected chi connectivity index (χ2v) is 7.72. The molecule has 0 saturated carbocycles. The van der Waals surface area contributed by atoms with Gasteiger partial charge in [-0.2, -0.15) is 0 Å². The lowest BCUT2D eigenvalue weighted by molar-refractivity contribution is -0.888. The molecule has 160 valence electrons. The van der Waals surface area contributed by atoms with E-state index in [1.165, 1.54) is 4.90 Å². The van der Waals surface area contributed by atoms with E-state index in [1.807, 2.05) is 53.5 Å². The van der Waals surface area contributed by atoms with Gasteiger partial charge in [-0.1, -0.05) is 49.6 Å². The molecule has 2 aromatic rings. The Morgan fingerprint density at radius 3 is 2.23 bits per heavy atom. The van der Waals surface area contributed by atoms with E-state index < -0.39 is 5.41 Å². The number of pyridine rings is 1. The van der Waals surface area contributed by atoms with Gasteiger partial charge in [0.15, 0.2) is 0 Å². The minimum atomic E-state index is -0.777. The van der Waals surface area contributed by atoms with E-state index in [0.717, 1.165) is 56.8 Å². The van der Waals surface area contributed by atoms with Crippen molar-refractivity contribution in [2.24, 2.45) is 0 Å². The lowest BCUT2D eigenvalue weighted by Crippen LogP contribution is -3.11. The van der Waals surface area contributed by atoms with Gasteiger partial charge in [-0.05, 0) is 42.7 Å². The zero-order valence-corrected chi connectivity index (χ0v) is 18.4. The smallest absolute Gasteiger partial charge is 0.239 e. The number of amides is 1. The Morgan fingerprint density at radius 2 is 1.67 bits per heavy atom. The standard InChI is InChI=1S/C25H31N3O.ClH/c1-3-17-27(18-4-2)21-15-25(22-12-6-5-7-13-22,23-14-8-9-16-26-23)24(29)28-19-10-11-20-28;/h3-9,12-14,16H,1-2,10-11,15,17-21H2;1H. The summed E-state index contributed by atoms with van der Waals surface area (Å²) in [5.74, 6) is 0.177. The first-order valence-corrected chi connectivity index (χ1v) is 10.5. The maximum Gasteiger partial charge on any atom is 0.239 e. The normalized spacial score (nSPS) is 15.3. The second-order valence-electron chi connectivity index (χ2n) is 7.72. The van der Waals surface area contributed by atoms with Crippen LogP contribution in [-0.4, -0.2) is 48.5 Å². The molecule has 0 aliphatic carbocycles. The third kappa shape index (κ3) is 5.18. The number of carbonyl (C=O) groups is 1. The van der Waals surface area contributed by atoms with Crippen molar-refractivity contribution in [3.63, 3.8) is 0 Å². The van der Waals surface area contributed by atoms with E-state index in [4.69, 9.17) is 4.98 Å². The highest BCUT2D eigenvalue weighted by atomic mass is 35.5. The highest BCUT2D eigenvalue weighted by molar-refractivity contribution is 5.91. The number of rotatable bonds is 10. The summed E-state index contributed by atoms with van der Waals surface area (Å²) < 4.78 is 0. The predicted molar refractivity (Wildman–Crippen MR) is 118 cm³/mol. The summed E-state index contributed by atoms with van der Waals surface area (Å²) in [6.45, 7) is 12.0. The molecule has 1 aliphatic rings. The zero-order chi connectivity index (χ0) is 20.5.